The van der Waals surface area contributed by atoms with E-state index in [0.717, 1.165) is 0 Å². The van der Waals surface area contributed by atoms with Gasteiger partial charge in [-0.2, -0.15) is 0 Å². The second kappa shape index (κ2) is 5.88. The molecule has 0 radical (unpaired) electrons. The number of aliphatic hydroxyl groups is 2. The topological polar surface area (TPSA) is 69.6 Å². The molecule has 0 aliphatic heterocycles. The number of hydrogen-bond donors (Lipinski definition) is 3. The molecular formula is C11H19NO3. The summed E-state index contributed by atoms with van der Waals surface area (Å²) < 4.78 is 0. The van der Waals surface area contributed by atoms with Crippen molar-refractivity contribution in [2.45, 2.75) is 37.8 Å². The fraction of sp³-hybridized carbons (Fsp3) is 0.727. The summed E-state index contributed by atoms with van der Waals surface area (Å²) in [5.41, 5.74) is 0. The molecule has 0 spiro atoms. The van der Waals surface area contributed by atoms with Crippen LogP contribution in [0.2, 0.25) is 0 Å². The highest BCUT2D eigenvalue weighted by atomic mass is 16.3. The van der Waals surface area contributed by atoms with Gasteiger partial charge in [0.1, 0.15) is 0 Å². The Morgan fingerprint density at radius 1 is 1.53 bits per heavy atom. The molecule has 3 atom stereocenters. The van der Waals surface area contributed by atoms with E-state index in [0.29, 0.717) is 25.7 Å². The van der Waals surface area contributed by atoms with Gasteiger partial charge in [-0.25, -0.2) is 0 Å². The normalized spacial score (nSPS) is 30.1. The maximum absolute atomic E-state index is 11.4. The van der Waals surface area contributed by atoms with E-state index in [9.17, 15) is 9.90 Å². The molecule has 1 rings (SSSR count). The van der Waals surface area contributed by atoms with E-state index >= 15 is 0 Å². The number of aliphatic hydroxyl groups excluding tert-OH is 2. The van der Waals surface area contributed by atoms with Gasteiger partial charge in [-0.15, -0.1) is 6.58 Å². The van der Waals surface area contributed by atoms with Crippen LogP contribution in [0.4, 0.5) is 0 Å². The van der Waals surface area contributed by atoms with Gasteiger partial charge in [0, 0.05) is 25.0 Å². The van der Waals surface area contributed by atoms with E-state index in [1.54, 1.807) is 6.08 Å². The lowest BCUT2D eigenvalue weighted by molar-refractivity contribution is -0.121. The Kier molecular flexibility index (Phi) is 4.78. The lowest BCUT2D eigenvalue weighted by atomic mass is 10.1. The van der Waals surface area contributed by atoms with Gasteiger partial charge in [0.2, 0.25) is 5.91 Å². The molecule has 4 heteroatoms. The van der Waals surface area contributed by atoms with Crippen LogP contribution in [-0.4, -0.2) is 34.9 Å². The zero-order valence-corrected chi connectivity index (χ0v) is 8.85. The molecule has 0 saturated heterocycles. The number of hydrogen-bond acceptors (Lipinski definition) is 3. The molecule has 1 aliphatic carbocycles. The second-order valence-corrected chi connectivity index (χ2v) is 4.07. The van der Waals surface area contributed by atoms with Gasteiger partial charge in [-0.3, -0.25) is 4.79 Å². The summed E-state index contributed by atoms with van der Waals surface area (Å²) >= 11 is 0. The molecular weight excluding hydrogens is 194 g/mol. The zero-order chi connectivity index (χ0) is 11.3. The Labute approximate surface area is 90.0 Å². The summed E-state index contributed by atoms with van der Waals surface area (Å²) in [5.74, 6) is -0.0969. The van der Waals surface area contributed by atoms with Crippen LogP contribution in [0.15, 0.2) is 12.7 Å². The molecule has 0 bridgehead atoms. The third-order valence-electron chi connectivity index (χ3n) is 2.83. The van der Waals surface area contributed by atoms with Crippen molar-refractivity contribution < 1.29 is 15.0 Å². The Morgan fingerprint density at radius 3 is 2.80 bits per heavy atom. The monoisotopic (exact) mass is 213 g/mol. The van der Waals surface area contributed by atoms with Gasteiger partial charge in [0.15, 0.2) is 0 Å². The zero-order valence-electron chi connectivity index (χ0n) is 8.85. The molecule has 0 unspecified atom stereocenters. The highest BCUT2D eigenvalue weighted by molar-refractivity contribution is 5.76. The van der Waals surface area contributed by atoms with Gasteiger partial charge in [0.05, 0.1) is 6.10 Å². The van der Waals surface area contributed by atoms with Crippen LogP contribution in [0.5, 0.6) is 0 Å². The minimum absolute atomic E-state index is 0.00862. The number of allylic oxidation sites excluding steroid dienone is 1. The van der Waals surface area contributed by atoms with Gasteiger partial charge >= 0.3 is 0 Å². The predicted molar refractivity (Wildman–Crippen MR) is 57.2 cm³/mol. The van der Waals surface area contributed by atoms with E-state index < -0.39 is 6.10 Å². The average Bonchev–Trinajstić information content (AvgIpc) is 2.55. The van der Waals surface area contributed by atoms with E-state index in [4.69, 9.17) is 5.11 Å². The minimum Gasteiger partial charge on any atom is -0.396 e. The first-order chi connectivity index (χ1) is 7.17. The fourth-order valence-corrected chi connectivity index (χ4v) is 1.95. The first-order valence-electron chi connectivity index (χ1n) is 5.36. The molecule has 0 aromatic carbocycles. The fourth-order valence-electron chi connectivity index (χ4n) is 1.95. The number of carbonyl (C=O) groups excluding carboxylic acids is 1. The Morgan fingerprint density at radius 2 is 2.27 bits per heavy atom. The lowest BCUT2D eigenvalue weighted by Crippen LogP contribution is -2.33. The summed E-state index contributed by atoms with van der Waals surface area (Å²) in [6.45, 7) is 3.54. The summed E-state index contributed by atoms with van der Waals surface area (Å²) in [6.07, 6.45) is 3.55. The molecule has 1 aliphatic rings. The van der Waals surface area contributed by atoms with Crippen molar-refractivity contribution in [3.63, 3.8) is 0 Å². The van der Waals surface area contributed by atoms with Crippen molar-refractivity contribution in [2.24, 2.45) is 5.92 Å². The first kappa shape index (κ1) is 12.2. The molecule has 1 amide bonds. The molecule has 1 saturated carbocycles. The van der Waals surface area contributed by atoms with Crippen LogP contribution in [-0.2, 0) is 4.79 Å². The summed E-state index contributed by atoms with van der Waals surface area (Å²) in [4.78, 5) is 11.4. The number of rotatable bonds is 5. The summed E-state index contributed by atoms with van der Waals surface area (Å²) in [6, 6.07) is 0.00876. The van der Waals surface area contributed by atoms with Crippen molar-refractivity contribution in [1.82, 2.24) is 5.32 Å². The van der Waals surface area contributed by atoms with Crippen LogP contribution < -0.4 is 5.32 Å². The molecule has 4 nitrogen and oxygen atoms in total. The second-order valence-electron chi connectivity index (χ2n) is 4.07. The molecule has 0 aromatic heterocycles. The third kappa shape index (κ3) is 3.64. The Balaban J connectivity index is 2.28. The van der Waals surface area contributed by atoms with Gasteiger partial charge in [-0.1, -0.05) is 6.08 Å². The minimum atomic E-state index is -0.486. The number of nitrogens with one attached hydrogen (secondary N) is 1. The molecule has 0 aromatic rings. The molecule has 86 valence electrons. The Hall–Kier alpha value is -0.870. The van der Waals surface area contributed by atoms with Crippen molar-refractivity contribution in [2.75, 3.05) is 6.61 Å². The smallest absolute Gasteiger partial charge is 0.220 e. The SMILES string of the molecule is C=CCCC(=O)N[C@H]1C[C@H](CO)[C@@H](O)C1. The highest BCUT2D eigenvalue weighted by Crippen LogP contribution is 2.25. The van der Waals surface area contributed by atoms with Crippen LogP contribution in [0.1, 0.15) is 25.7 Å². The maximum Gasteiger partial charge on any atom is 0.220 e. The summed E-state index contributed by atoms with van der Waals surface area (Å²) in [5, 5.41) is 21.3. The van der Waals surface area contributed by atoms with Crippen molar-refractivity contribution in [3.8, 4) is 0 Å². The summed E-state index contributed by atoms with van der Waals surface area (Å²) in [7, 11) is 0. The van der Waals surface area contributed by atoms with E-state index in [1.807, 2.05) is 0 Å². The van der Waals surface area contributed by atoms with E-state index in [1.165, 1.54) is 0 Å². The molecule has 0 heterocycles. The standard InChI is InChI=1S/C11H19NO3/c1-2-3-4-11(15)12-9-5-8(7-13)10(14)6-9/h2,8-10,13-14H,1,3-7H2,(H,12,15)/t8-,9+,10+/m1/s1. The van der Waals surface area contributed by atoms with Crippen LogP contribution in [0, 0.1) is 5.92 Å². The largest absolute Gasteiger partial charge is 0.396 e. The predicted octanol–water partition coefficient (Wildman–Crippen LogP) is 0.201. The van der Waals surface area contributed by atoms with Gasteiger partial charge in [-0.05, 0) is 19.3 Å². The van der Waals surface area contributed by atoms with Crippen LogP contribution in [0.25, 0.3) is 0 Å². The maximum atomic E-state index is 11.4. The Bertz CT molecular complexity index is 230. The molecule has 3 N–H and O–H groups in total. The quantitative estimate of drug-likeness (QED) is 0.571. The first-order valence-corrected chi connectivity index (χ1v) is 5.36. The van der Waals surface area contributed by atoms with E-state index in [-0.39, 0.29) is 24.5 Å². The van der Waals surface area contributed by atoms with Crippen molar-refractivity contribution in [1.29, 1.82) is 0 Å². The number of amides is 1. The van der Waals surface area contributed by atoms with Crippen LogP contribution >= 0.6 is 0 Å². The average molecular weight is 213 g/mol. The van der Waals surface area contributed by atoms with Crippen molar-refractivity contribution in [3.05, 3.63) is 12.7 Å². The molecule has 15 heavy (non-hydrogen) atoms. The van der Waals surface area contributed by atoms with Crippen LogP contribution in [0.3, 0.4) is 0 Å². The van der Waals surface area contributed by atoms with Crippen molar-refractivity contribution >= 4 is 5.91 Å². The van der Waals surface area contributed by atoms with Gasteiger partial charge < -0.3 is 15.5 Å². The van der Waals surface area contributed by atoms with Gasteiger partial charge in [0.25, 0.3) is 0 Å². The van der Waals surface area contributed by atoms with E-state index in [2.05, 4.69) is 11.9 Å². The lowest BCUT2D eigenvalue weighted by Gasteiger charge is -2.11. The number of carbonyl (C=O) groups is 1. The third-order valence-corrected chi connectivity index (χ3v) is 2.83. The highest BCUT2D eigenvalue weighted by Gasteiger charge is 2.32. The molecule has 1 fully saturated rings.